The number of aromatic amines is 1. The van der Waals surface area contributed by atoms with Gasteiger partial charge in [-0.1, -0.05) is 18.2 Å². The fraction of sp³-hybridized carbons (Fsp3) is 0.154. The van der Waals surface area contributed by atoms with Crippen LogP contribution in [0.2, 0.25) is 0 Å². The van der Waals surface area contributed by atoms with E-state index in [4.69, 9.17) is 0 Å². The Bertz CT molecular complexity index is 1420. The molecule has 0 unspecified atom stereocenters. The minimum absolute atomic E-state index is 0.153. The molecule has 0 fully saturated rings. The SMILES string of the molecule is CCn1nc(C)cc1C(=O)Nc1ccc(Cc2ccc3c(c2)/C(=C/Nc2cc[nH]n2)C(=O)N3)cc1. The van der Waals surface area contributed by atoms with Crippen LogP contribution in [0.5, 0.6) is 0 Å². The van der Waals surface area contributed by atoms with Crippen molar-refractivity contribution in [1.82, 2.24) is 20.0 Å². The molecule has 0 bridgehead atoms. The second-order valence-electron chi connectivity index (χ2n) is 8.31. The highest BCUT2D eigenvalue weighted by Crippen LogP contribution is 2.33. The summed E-state index contributed by atoms with van der Waals surface area (Å²) in [4.78, 5) is 25.1. The van der Waals surface area contributed by atoms with E-state index in [1.165, 1.54) is 0 Å². The molecule has 1 aliphatic rings. The van der Waals surface area contributed by atoms with Gasteiger partial charge in [-0.15, -0.1) is 0 Å². The molecule has 2 aromatic carbocycles. The number of fused-ring (bicyclic) bond motifs is 1. The van der Waals surface area contributed by atoms with Crippen molar-refractivity contribution in [2.24, 2.45) is 0 Å². The van der Waals surface area contributed by atoms with Gasteiger partial charge in [-0.05, 0) is 61.7 Å². The molecule has 2 amide bonds. The summed E-state index contributed by atoms with van der Waals surface area (Å²) in [7, 11) is 0. The monoisotopic (exact) mass is 467 g/mol. The number of nitrogens with zero attached hydrogens (tertiary/aromatic N) is 3. The number of carbonyl (C=O) groups excluding carboxylic acids is 2. The van der Waals surface area contributed by atoms with Crippen LogP contribution in [0.25, 0.3) is 5.57 Å². The van der Waals surface area contributed by atoms with Gasteiger partial charge in [-0.25, -0.2) is 0 Å². The van der Waals surface area contributed by atoms with Gasteiger partial charge in [0.25, 0.3) is 11.8 Å². The summed E-state index contributed by atoms with van der Waals surface area (Å²) in [6, 6.07) is 17.3. The Morgan fingerprint density at radius 1 is 1.09 bits per heavy atom. The largest absolute Gasteiger partial charge is 0.344 e. The predicted molar refractivity (Wildman–Crippen MR) is 135 cm³/mol. The molecule has 9 heteroatoms. The highest BCUT2D eigenvalue weighted by molar-refractivity contribution is 6.31. The number of nitrogens with one attached hydrogen (secondary N) is 4. The molecule has 1 aliphatic heterocycles. The standard InChI is InChI=1S/C26H25N7O2/c1-3-33-23(12-16(2)32-33)26(35)29-19-7-4-17(5-8-19)13-18-6-9-22-20(14-18)21(25(34)30-22)15-27-24-10-11-28-31-24/h4-12,14-15H,3,13H2,1-2H3,(H,29,35)(H,30,34)(H2,27,28,31)/b21-15-. The molecular formula is C26H25N7O2. The average molecular weight is 468 g/mol. The Morgan fingerprint density at radius 3 is 2.63 bits per heavy atom. The fourth-order valence-corrected chi connectivity index (χ4v) is 4.08. The third kappa shape index (κ3) is 4.70. The number of hydrogen-bond acceptors (Lipinski definition) is 5. The van der Waals surface area contributed by atoms with Gasteiger partial charge >= 0.3 is 0 Å². The number of benzene rings is 2. The highest BCUT2D eigenvalue weighted by Gasteiger charge is 2.24. The zero-order valence-corrected chi connectivity index (χ0v) is 19.4. The first-order chi connectivity index (χ1) is 17.0. The Labute approximate surface area is 202 Å². The highest BCUT2D eigenvalue weighted by atomic mass is 16.2. The van der Waals surface area contributed by atoms with Crippen molar-refractivity contribution in [2.45, 2.75) is 26.8 Å². The summed E-state index contributed by atoms with van der Waals surface area (Å²) >= 11 is 0. The van der Waals surface area contributed by atoms with Crippen LogP contribution in [-0.4, -0.2) is 31.8 Å². The summed E-state index contributed by atoms with van der Waals surface area (Å²) in [6.45, 7) is 4.46. The van der Waals surface area contributed by atoms with E-state index in [0.29, 0.717) is 30.1 Å². The lowest BCUT2D eigenvalue weighted by atomic mass is 9.99. The summed E-state index contributed by atoms with van der Waals surface area (Å²) in [6.07, 6.45) is 4.07. The van der Waals surface area contributed by atoms with E-state index in [-0.39, 0.29) is 11.8 Å². The second-order valence-corrected chi connectivity index (χ2v) is 8.31. The van der Waals surface area contributed by atoms with Crippen LogP contribution >= 0.6 is 0 Å². The zero-order chi connectivity index (χ0) is 24.4. The molecule has 0 aliphatic carbocycles. The molecule has 5 rings (SSSR count). The molecule has 35 heavy (non-hydrogen) atoms. The summed E-state index contributed by atoms with van der Waals surface area (Å²) in [5.41, 5.74) is 6.44. The second kappa shape index (κ2) is 9.30. The van der Waals surface area contributed by atoms with Crippen LogP contribution in [0, 0.1) is 6.92 Å². The lowest BCUT2D eigenvalue weighted by Crippen LogP contribution is -2.17. The van der Waals surface area contributed by atoms with Crippen molar-refractivity contribution in [3.05, 3.63) is 95.1 Å². The molecule has 4 N–H and O–H groups in total. The first-order valence-electron chi connectivity index (χ1n) is 11.4. The maximum absolute atomic E-state index is 12.7. The summed E-state index contributed by atoms with van der Waals surface area (Å²) in [5, 5.41) is 20.0. The number of H-pyrrole nitrogens is 1. The lowest BCUT2D eigenvalue weighted by Gasteiger charge is -2.09. The van der Waals surface area contributed by atoms with Crippen LogP contribution in [0.15, 0.2) is 67.0 Å². The number of anilines is 3. The van der Waals surface area contributed by atoms with Crippen molar-refractivity contribution in [3.63, 3.8) is 0 Å². The lowest BCUT2D eigenvalue weighted by molar-refractivity contribution is -0.110. The molecule has 0 spiro atoms. The van der Waals surface area contributed by atoms with E-state index in [0.717, 1.165) is 33.8 Å². The fourth-order valence-electron chi connectivity index (χ4n) is 4.08. The first-order valence-corrected chi connectivity index (χ1v) is 11.4. The first kappa shape index (κ1) is 22.1. The molecule has 0 saturated carbocycles. The van der Waals surface area contributed by atoms with Crippen LogP contribution in [0.1, 0.15) is 39.8 Å². The number of rotatable bonds is 7. The van der Waals surface area contributed by atoms with Gasteiger partial charge < -0.3 is 16.0 Å². The third-order valence-corrected chi connectivity index (χ3v) is 5.79. The molecule has 176 valence electrons. The average Bonchev–Trinajstić information content (AvgIpc) is 3.57. The quantitative estimate of drug-likeness (QED) is 0.304. The molecule has 3 heterocycles. The van der Waals surface area contributed by atoms with E-state index in [1.807, 2.05) is 56.3 Å². The summed E-state index contributed by atoms with van der Waals surface area (Å²) in [5.74, 6) is 0.301. The van der Waals surface area contributed by atoms with E-state index < -0.39 is 0 Å². The van der Waals surface area contributed by atoms with Gasteiger partial charge in [0.05, 0.1) is 11.3 Å². The number of aryl methyl sites for hydroxylation is 2. The van der Waals surface area contributed by atoms with Gasteiger partial charge in [0.2, 0.25) is 0 Å². The van der Waals surface area contributed by atoms with E-state index >= 15 is 0 Å². The van der Waals surface area contributed by atoms with Crippen LogP contribution in [0.3, 0.4) is 0 Å². The Morgan fingerprint density at radius 2 is 1.89 bits per heavy atom. The van der Waals surface area contributed by atoms with Gasteiger partial charge in [-0.3, -0.25) is 19.4 Å². The number of carbonyl (C=O) groups is 2. The van der Waals surface area contributed by atoms with Crippen molar-refractivity contribution < 1.29 is 9.59 Å². The van der Waals surface area contributed by atoms with Crippen molar-refractivity contribution in [2.75, 3.05) is 16.0 Å². The summed E-state index contributed by atoms with van der Waals surface area (Å²) < 4.78 is 1.69. The number of aromatic nitrogens is 4. The molecule has 0 saturated heterocycles. The smallest absolute Gasteiger partial charge is 0.273 e. The van der Waals surface area contributed by atoms with Gasteiger partial charge in [0, 0.05) is 41.9 Å². The van der Waals surface area contributed by atoms with Crippen LogP contribution in [0.4, 0.5) is 17.2 Å². The topological polar surface area (TPSA) is 117 Å². The predicted octanol–water partition coefficient (Wildman–Crippen LogP) is 4.18. The normalized spacial score (nSPS) is 13.5. The molecule has 4 aromatic rings. The maximum Gasteiger partial charge on any atom is 0.273 e. The minimum atomic E-state index is -0.182. The third-order valence-electron chi connectivity index (χ3n) is 5.79. The van der Waals surface area contributed by atoms with E-state index in [9.17, 15) is 9.59 Å². The van der Waals surface area contributed by atoms with Crippen LogP contribution < -0.4 is 16.0 Å². The Hall–Kier alpha value is -4.66. The Balaban J connectivity index is 1.28. The maximum atomic E-state index is 12.7. The molecule has 2 aromatic heterocycles. The molecular weight excluding hydrogens is 442 g/mol. The Kier molecular flexibility index (Phi) is 5.88. The van der Waals surface area contributed by atoms with Crippen LogP contribution in [-0.2, 0) is 17.8 Å². The van der Waals surface area contributed by atoms with Gasteiger partial charge in [0.1, 0.15) is 5.69 Å². The van der Waals surface area contributed by atoms with E-state index in [2.05, 4.69) is 31.2 Å². The molecule has 0 radical (unpaired) electrons. The minimum Gasteiger partial charge on any atom is -0.344 e. The van der Waals surface area contributed by atoms with Crippen molar-refractivity contribution >= 4 is 34.6 Å². The molecule has 9 nitrogen and oxygen atoms in total. The van der Waals surface area contributed by atoms with Gasteiger partial charge in [-0.2, -0.15) is 10.2 Å². The zero-order valence-electron chi connectivity index (χ0n) is 19.4. The van der Waals surface area contributed by atoms with Crippen molar-refractivity contribution in [1.29, 1.82) is 0 Å². The van der Waals surface area contributed by atoms with E-state index in [1.54, 1.807) is 29.2 Å². The number of hydrogen-bond donors (Lipinski definition) is 4. The van der Waals surface area contributed by atoms with Crippen molar-refractivity contribution in [3.8, 4) is 0 Å². The molecule has 0 atom stereocenters. The van der Waals surface area contributed by atoms with Gasteiger partial charge in [0.15, 0.2) is 5.82 Å². The number of amides is 2.